The van der Waals surface area contributed by atoms with Gasteiger partial charge in [-0.1, -0.05) is 23.8 Å². The zero-order chi connectivity index (χ0) is 15.6. The van der Waals surface area contributed by atoms with E-state index in [4.69, 9.17) is 4.74 Å². The molecule has 0 atom stereocenters. The van der Waals surface area contributed by atoms with Gasteiger partial charge < -0.3 is 9.84 Å². The Balaban J connectivity index is 2.51. The Kier molecular flexibility index (Phi) is 4.23. The quantitative estimate of drug-likeness (QED) is 0.685. The number of rotatable bonds is 4. The van der Waals surface area contributed by atoms with Crippen LogP contribution in [0.3, 0.4) is 0 Å². The SMILES string of the molecule is Cc1ccc(Oc2c(C)cc(C)cc2[N+](=O)[O-])c(CO)c1. The van der Waals surface area contributed by atoms with Crippen LogP contribution in [0, 0.1) is 30.9 Å². The lowest BCUT2D eigenvalue weighted by atomic mass is 10.1. The van der Waals surface area contributed by atoms with Gasteiger partial charge in [-0.2, -0.15) is 0 Å². The Bertz CT molecular complexity index is 695. The number of aryl methyl sites for hydroxylation is 3. The first kappa shape index (κ1) is 15.0. The smallest absolute Gasteiger partial charge is 0.312 e. The fourth-order valence-electron chi connectivity index (χ4n) is 2.24. The van der Waals surface area contributed by atoms with E-state index in [0.29, 0.717) is 16.9 Å². The molecule has 0 fully saturated rings. The van der Waals surface area contributed by atoms with Crippen molar-refractivity contribution in [3.8, 4) is 11.5 Å². The predicted octanol–water partition coefficient (Wildman–Crippen LogP) is 3.80. The van der Waals surface area contributed by atoms with E-state index in [2.05, 4.69) is 0 Å². The molecule has 0 aliphatic heterocycles. The molecule has 0 aliphatic carbocycles. The van der Waals surface area contributed by atoms with Gasteiger partial charge >= 0.3 is 5.69 Å². The summed E-state index contributed by atoms with van der Waals surface area (Å²) in [6, 6.07) is 8.66. The van der Waals surface area contributed by atoms with Gasteiger partial charge in [-0.25, -0.2) is 0 Å². The van der Waals surface area contributed by atoms with E-state index in [0.717, 1.165) is 11.1 Å². The highest BCUT2D eigenvalue weighted by Gasteiger charge is 2.20. The van der Waals surface area contributed by atoms with Crippen LogP contribution in [0.1, 0.15) is 22.3 Å². The van der Waals surface area contributed by atoms with Gasteiger partial charge in [-0.3, -0.25) is 10.1 Å². The predicted molar refractivity (Wildman–Crippen MR) is 79.7 cm³/mol. The van der Waals surface area contributed by atoms with Crippen LogP contribution in [0.4, 0.5) is 5.69 Å². The molecule has 0 radical (unpaired) electrons. The normalized spacial score (nSPS) is 10.5. The molecule has 21 heavy (non-hydrogen) atoms. The molecule has 2 aromatic carbocycles. The van der Waals surface area contributed by atoms with Crippen LogP contribution in [-0.2, 0) is 6.61 Å². The number of nitrogens with zero attached hydrogens (tertiary/aromatic N) is 1. The van der Waals surface area contributed by atoms with Gasteiger partial charge in [0.15, 0.2) is 0 Å². The molecule has 0 bridgehead atoms. The van der Waals surface area contributed by atoms with Crippen molar-refractivity contribution < 1.29 is 14.8 Å². The van der Waals surface area contributed by atoms with Gasteiger partial charge in [0, 0.05) is 11.6 Å². The van der Waals surface area contributed by atoms with E-state index >= 15 is 0 Å². The molecule has 0 saturated heterocycles. The number of benzene rings is 2. The third-order valence-electron chi connectivity index (χ3n) is 3.19. The lowest BCUT2D eigenvalue weighted by Crippen LogP contribution is -1.99. The van der Waals surface area contributed by atoms with Crippen molar-refractivity contribution in [1.82, 2.24) is 0 Å². The Morgan fingerprint density at radius 3 is 2.48 bits per heavy atom. The molecule has 0 aromatic heterocycles. The van der Waals surface area contributed by atoms with Crippen LogP contribution in [0.15, 0.2) is 30.3 Å². The monoisotopic (exact) mass is 287 g/mol. The highest BCUT2D eigenvalue weighted by Crippen LogP contribution is 2.37. The van der Waals surface area contributed by atoms with Crippen LogP contribution in [0.5, 0.6) is 11.5 Å². The van der Waals surface area contributed by atoms with Gasteiger partial charge in [-0.15, -0.1) is 0 Å². The second-order valence-electron chi connectivity index (χ2n) is 5.06. The number of aliphatic hydroxyl groups excluding tert-OH is 1. The maximum atomic E-state index is 11.2. The number of ether oxygens (including phenoxy) is 1. The molecule has 0 heterocycles. The van der Waals surface area contributed by atoms with Crippen molar-refractivity contribution >= 4 is 5.69 Å². The van der Waals surface area contributed by atoms with Crippen molar-refractivity contribution in [3.05, 3.63) is 62.7 Å². The van der Waals surface area contributed by atoms with Gasteiger partial charge in [0.25, 0.3) is 0 Å². The first-order valence-electron chi connectivity index (χ1n) is 6.56. The van der Waals surface area contributed by atoms with E-state index in [-0.39, 0.29) is 18.0 Å². The summed E-state index contributed by atoms with van der Waals surface area (Å²) in [6.45, 7) is 5.29. The van der Waals surface area contributed by atoms with Gasteiger partial charge in [0.1, 0.15) is 5.75 Å². The number of hydrogen-bond acceptors (Lipinski definition) is 4. The van der Waals surface area contributed by atoms with Crippen molar-refractivity contribution in [2.24, 2.45) is 0 Å². The summed E-state index contributed by atoms with van der Waals surface area (Å²) in [5, 5.41) is 20.6. The largest absolute Gasteiger partial charge is 0.449 e. The molecular formula is C16H17NO4. The average Bonchev–Trinajstić information content (AvgIpc) is 2.42. The lowest BCUT2D eigenvalue weighted by molar-refractivity contribution is -0.385. The van der Waals surface area contributed by atoms with Crippen LogP contribution >= 0.6 is 0 Å². The molecule has 5 heteroatoms. The highest BCUT2D eigenvalue weighted by atomic mass is 16.6. The van der Waals surface area contributed by atoms with E-state index < -0.39 is 4.92 Å². The molecule has 0 unspecified atom stereocenters. The molecule has 110 valence electrons. The molecule has 0 amide bonds. The third kappa shape index (κ3) is 3.20. The third-order valence-corrected chi connectivity index (χ3v) is 3.19. The molecule has 2 aromatic rings. The fourth-order valence-corrected chi connectivity index (χ4v) is 2.24. The standard InChI is InChI=1S/C16H17NO4/c1-10-4-5-15(13(7-10)9-18)21-16-12(3)6-11(2)8-14(16)17(19)20/h4-8,18H,9H2,1-3H3. The Hall–Kier alpha value is -2.40. The topological polar surface area (TPSA) is 72.6 Å². The highest BCUT2D eigenvalue weighted by molar-refractivity contribution is 5.56. The van der Waals surface area contributed by atoms with Crippen LogP contribution in [0.25, 0.3) is 0 Å². The first-order valence-corrected chi connectivity index (χ1v) is 6.56. The number of aliphatic hydroxyl groups is 1. The van der Waals surface area contributed by atoms with Crippen LogP contribution in [0.2, 0.25) is 0 Å². The minimum absolute atomic E-state index is 0.0723. The number of hydrogen-bond donors (Lipinski definition) is 1. The molecule has 0 saturated carbocycles. The Morgan fingerprint density at radius 2 is 1.86 bits per heavy atom. The molecule has 0 spiro atoms. The molecule has 2 rings (SSSR count). The van der Waals surface area contributed by atoms with E-state index in [1.807, 2.05) is 19.1 Å². The van der Waals surface area contributed by atoms with Crippen molar-refractivity contribution in [3.63, 3.8) is 0 Å². The maximum Gasteiger partial charge on any atom is 0.312 e. The van der Waals surface area contributed by atoms with Gasteiger partial charge in [-0.05, 0) is 38.0 Å². The first-order chi connectivity index (χ1) is 9.92. The summed E-state index contributed by atoms with van der Waals surface area (Å²) in [5.41, 5.74) is 3.01. The minimum atomic E-state index is -0.456. The van der Waals surface area contributed by atoms with Crippen molar-refractivity contribution in [1.29, 1.82) is 0 Å². The second kappa shape index (κ2) is 5.93. The van der Waals surface area contributed by atoms with Gasteiger partial charge in [0.05, 0.1) is 11.5 Å². The summed E-state index contributed by atoms with van der Waals surface area (Å²) >= 11 is 0. The molecule has 0 aliphatic rings. The van der Waals surface area contributed by atoms with Crippen LogP contribution < -0.4 is 4.74 Å². The molecule has 5 nitrogen and oxygen atoms in total. The number of nitro benzene ring substituents is 1. The van der Waals surface area contributed by atoms with E-state index in [1.165, 1.54) is 6.07 Å². The summed E-state index contributed by atoms with van der Waals surface area (Å²) in [7, 11) is 0. The summed E-state index contributed by atoms with van der Waals surface area (Å²) in [5.74, 6) is 0.641. The van der Waals surface area contributed by atoms with E-state index in [9.17, 15) is 15.2 Å². The Morgan fingerprint density at radius 1 is 1.14 bits per heavy atom. The van der Waals surface area contributed by atoms with Crippen molar-refractivity contribution in [2.45, 2.75) is 27.4 Å². The second-order valence-corrected chi connectivity index (χ2v) is 5.06. The molecular weight excluding hydrogens is 270 g/mol. The van der Waals surface area contributed by atoms with Gasteiger partial charge in [0.2, 0.25) is 5.75 Å². The zero-order valence-corrected chi connectivity index (χ0v) is 12.2. The molecule has 1 N–H and O–H groups in total. The van der Waals surface area contributed by atoms with Crippen molar-refractivity contribution in [2.75, 3.05) is 0 Å². The Labute approximate surface area is 123 Å². The lowest BCUT2D eigenvalue weighted by Gasteiger charge is -2.13. The fraction of sp³-hybridized carbons (Fsp3) is 0.250. The zero-order valence-electron chi connectivity index (χ0n) is 12.2. The average molecular weight is 287 g/mol. The van der Waals surface area contributed by atoms with Crippen LogP contribution in [-0.4, -0.2) is 10.0 Å². The number of nitro groups is 1. The summed E-state index contributed by atoms with van der Waals surface area (Å²) < 4.78 is 5.73. The summed E-state index contributed by atoms with van der Waals surface area (Å²) in [4.78, 5) is 10.7. The minimum Gasteiger partial charge on any atom is -0.449 e. The maximum absolute atomic E-state index is 11.2. The summed E-state index contributed by atoms with van der Waals surface area (Å²) in [6.07, 6.45) is 0. The van der Waals surface area contributed by atoms with E-state index in [1.54, 1.807) is 26.0 Å².